The fraction of sp³-hybridized carbons (Fsp3) is 0.100. The molecule has 3 nitrogen and oxygen atoms in total. The molecular formula is C30H28FN3. The normalized spacial score (nSPS) is 11.5. The van der Waals surface area contributed by atoms with E-state index in [4.69, 9.17) is 10.7 Å². The van der Waals surface area contributed by atoms with Crippen LogP contribution in [0.25, 0.3) is 11.1 Å². The number of hydrogen-bond donors (Lipinski definition) is 1. The van der Waals surface area contributed by atoms with Gasteiger partial charge in [0.25, 0.3) is 0 Å². The molecule has 34 heavy (non-hydrogen) atoms. The van der Waals surface area contributed by atoms with Crippen LogP contribution in [-0.2, 0) is 12.1 Å². The minimum absolute atomic E-state index is 0.234. The zero-order valence-electron chi connectivity index (χ0n) is 19.2. The Balaban J connectivity index is 1.72. The van der Waals surface area contributed by atoms with Crippen molar-refractivity contribution in [3.63, 3.8) is 0 Å². The molecular weight excluding hydrogens is 421 g/mol. The van der Waals surface area contributed by atoms with Crippen molar-refractivity contribution in [1.82, 2.24) is 4.90 Å². The molecule has 0 heterocycles. The Morgan fingerprint density at radius 3 is 2.06 bits per heavy atom. The second kappa shape index (κ2) is 10.2. The number of rotatable bonds is 8. The maximum absolute atomic E-state index is 14.4. The Morgan fingerprint density at radius 1 is 0.882 bits per heavy atom. The lowest BCUT2D eigenvalue weighted by Gasteiger charge is -2.38. The smallest absolute Gasteiger partial charge is 0.151 e. The van der Waals surface area contributed by atoms with E-state index >= 15 is 0 Å². The van der Waals surface area contributed by atoms with Crippen LogP contribution in [0.15, 0.2) is 126 Å². The van der Waals surface area contributed by atoms with Crippen LogP contribution >= 0.6 is 0 Å². The lowest BCUT2D eigenvalue weighted by Crippen LogP contribution is -2.36. The van der Waals surface area contributed by atoms with E-state index in [1.807, 2.05) is 98.0 Å². The molecule has 0 spiro atoms. The quantitative estimate of drug-likeness (QED) is 0.251. The van der Waals surface area contributed by atoms with Crippen LogP contribution in [0.1, 0.15) is 16.7 Å². The van der Waals surface area contributed by atoms with E-state index in [2.05, 4.69) is 11.5 Å². The van der Waals surface area contributed by atoms with Crippen LogP contribution in [0, 0.1) is 5.82 Å². The largest absolute Gasteiger partial charge is 0.390 e. The number of likely N-dealkylation sites (N-methyl/N-ethyl adjacent to an activating group) is 1. The molecule has 0 aliphatic heterocycles. The predicted molar refractivity (Wildman–Crippen MR) is 139 cm³/mol. The van der Waals surface area contributed by atoms with Crippen LogP contribution in [0.5, 0.6) is 0 Å². The van der Waals surface area contributed by atoms with Gasteiger partial charge in [-0.05, 0) is 34.4 Å². The number of halogens is 1. The minimum Gasteiger partial charge on any atom is -0.390 e. The van der Waals surface area contributed by atoms with Crippen molar-refractivity contribution >= 4 is 6.34 Å². The molecule has 0 atom stereocenters. The average Bonchev–Trinajstić information content (AvgIpc) is 2.88. The maximum Gasteiger partial charge on any atom is 0.151 e. The molecule has 0 aromatic heterocycles. The Labute approximate surface area is 200 Å². The van der Waals surface area contributed by atoms with Gasteiger partial charge in [0.1, 0.15) is 5.82 Å². The second-order valence-corrected chi connectivity index (χ2v) is 8.20. The summed E-state index contributed by atoms with van der Waals surface area (Å²) >= 11 is 0. The Morgan fingerprint density at radius 2 is 1.47 bits per heavy atom. The molecule has 0 aliphatic rings. The molecule has 0 bridgehead atoms. The number of nitrogens with two attached hydrogens (primary N) is 1. The maximum atomic E-state index is 14.4. The van der Waals surface area contributed by atoms with Crippen molar-refractivity contribution < 1.29 is 4.39 Å². The lowest BCUT2D eigenvalue weighted by atomic mass is 9.80. The Bertz CT molecular complexity index is 1240. The van der Waals surface area contributed by atoms with Gasteiger partial charge in [-0.3, -0.25) is 4.99 Å². The van der Waals surface area contributed by atoms with Crippen molar-refractivity contribution in [3.8, 4) is 11.1 Å². The summed E-state index contributed by atoms with van der Waals surface area (Å²) in [6, 6.07) is 34.8. The number of benzene rings is 4. The topological polar surface area (TPSA) is 41.6 Å². The van der Waals surface area contributed by atoms with Crippen molar-refractivity contribution in [1.29, 1.82) is 0 Å². The standard InChI is InChI=1S/C30H28FN3/c1-23(30(33-22-32,26-14-5-3-6-15-26)27-16-7-4-8-17-27)34(2)21-24-12-11-13-25(20-24)28-18-9-10-19-29(28)31/h3-20,22H,1,21H2,2H3,(H2,32,33). The van der Waals surface area contributed by atoms with E-state index in [0.717, 1.165) is 28.0 Å². The third kappa shape index (κ3) is 4.48. The highest BCUT2D eigenvalue weighted by Crippen LogP contribution is 2.41. The molecule has 0 saturated carbocycles. The van der Waals surface area contributed by atoms with Crippen molar-refractivity contribution in [2.45, 2.75) is 12.1 Å². The van der Waals surface area contributed by atoms with E-state index in [1.165, 1.54) is 12.4 Å². The summed E-state index contributed by atoms with van der Waals surface area (Å²) in [6.07, 6.45) is 1.35. The molecule has 0 fully saturated rings. The molecule has 0 amide bonds. The zero-order valence-corrected chi connectivity index (χ0v) is 19.2. The third-order valence-electron chi connectivity index (χ3n) is 6.06. The molecule has 4 rings (SSSR count). The van der Waals surface area contributed by atoms with Gasteiger partial charge < -0.3 is 10.6 Å². The van der Waals surface area contributed by atoms with Gasteiger partial charge in [-0.1, -0.05) is 104 Å². The van der Waals surface area contributed by atoms with Crippen molar-refractivity contribution in [2.75, 3.05) is 7.05 Å². The van der Waals surface area contributed by atoms with E-state index in [9.17, 15) is 4.39 Å². The van der Waals surface area contributed by atoms with Gasteiger partial charge in [-0.2, -0.15) is 0 Å². The van der Waals surface area contributed by atoms with E-state index < -0.39 is 5.54 Å². The minimum atomic E-state index is -0.880. The summed E-state index contributed by atoms with van der Waals surface area (Å²) in [7, 11) is 1.99. The first kappa shape index (κ1) is 23.0. The Kier molecular flexibility index (Phi) is 6.88. The summed E-state index contributed by atoms with van der Waals surface area (Å²) < 4.78 is 14.4. The van der Waals surface area contributed by atoms with Gasteiger partial charge in [-0.25, -0.2) is 4.39 Å². The first-order chi connectivity index (χ1) is 16.6. The van der Waals surface area contributed by atoms with Gasteiger partial charge in [0.15, 0.2) is 5.54 Å². The summed E-state index contributed by atoms with van der Waals surface area (Å²) in [5.41, 5.74) is 10.2. The fourth-order valence-electron chi connectivity index (χ4n) is 4.37. The molecule has 170 valence electrons. The van der Waals surface area contributed by atoms with E-state index in [-0.39, 0.29) is 5.82 Å². The van der Waals surface area contributed by atoms with Gasteiger partial charge in [-0.15, -0.1) is 0 Å². The fourth-order valence-corrected chi connectivity index (χ4v) is 4.37. The van der Waals surface area contributed by atoms with E-state index in [1.54, 1.807) is 12.1 Å². The Hall–Kier alpha value is -4.18. The first-order valence-corrected chi connectivity index (χ1v) is 11.2. The van der Waals surface area contributed by atoms with Gasteiger partial charge >= 0.3 is 0 Å². The molecule has 4 heteroatoms. The summed E-state index contributed by atoms with van der Waals surface area (Å²) in [5.74, 6) is -0.234. The van der Waals surface area contributed by atoms with E-state index in [0.29, 0.717) is 12.1 Å². The number of aliphatic imine (C=N–C) groups is 1. The lowest BCUT2D eigenvalue weighted by molar-refractivity contribution is 0.350. The molecule has 4 aromatic rings. The molecule has 0 saturated heterocycles. The predicted octanol–water partition coefficient (Wildman–Crippen LogP) is 6.37. The second-order valence-electron chi connectivity index (χ2n) is 8.20. The van der Waals surface area contributed by atoms with Crippen LogP contribution in [-0.4, -0.2) is 18.3 Å². The van der Waals surface area contributed by atoms with Crippen molar-refractivity contribution in [3.05, 3.63) is 144 Å². The number of hydrogen-bond acceptors (Lipinski definition) is 2. The highest BCUT2D eigenvalue weighted by molar-refractivity contribution is 5.65. The molecule has 0 aliphatic carbocycles. The van der Waals surface area contributed by atoms with Gasteiger partial charge in [0, 0.05) is 24.9 Å². The van der Waals surface area contributed by atoms with Gasteiger partial charge in [0.2, 0.25) is 0 Å². The highest BCUT2D eigenvalue weighted by atomic mass is 19.1. The molecule has 4 aromatic carbocycles. The average molecular weight is 450 g/mol. The van der Waals surface area contributed by atoms with Crippen LogP contribution < -0.4 is 5.73 Å². The summed E-state index contributed by atoms with van der Waals surface area (Å²) in [5, 5.41) is 0. The van der Waals surface area contributed by atoms with Crippen LogP contribution in [0.3, 0.4) is 0 Å². The molecule has 0 unspecified atom stereocenters. The first-order valence-electron chi connectivity index (χ1n) is 11.2. The highest BCUT2D eigenvalue weighted by Gasteiger charge is 2.38. The third-order valence-corrected chi connectivity index (χ3v) is 6.06. The van der Waals surface area contributed by atoms with Crippen LogP contribution in [0.4, 0.5) is 4.39 Å². The number of nitrogens with zero attached hydrogens (tertiary/aromatic N) is 2. The zero-order chi connectivity index (χ0) is 24.0. The van der Waals surface area contributed by atoms with Gasteiger partial charge in [0.05, 0.1) is 6.34 Å². The monoisotopic (exact) mass is 449 g/mol. The summed E-state index contributed by atoms with van der Waals surface area (Å²) in [6.45, 7) is 5.06. The van der Waals surface area contributed by atoms with Crippen LogP contribution in [0.2, 0.25) is 0 Å². The summed E-state index contributed by atoms with van der Waals surface area (Å²) in [4.78, 5) is 6.87. The molecule has 0 radical (unpaired) electrons. The van der Waals surface area contributed by atoms with Crippen molar-refractivity contribution in [2.24, 2.45) is 10.7 Å². The SMILES string of the molecule is C=C(N(C)Cc1cccc(-c2ccccc2F)c1)C(N=CN)(c1ccccc1)c1ccccc1. The molecule has 2 N–H and O–H groups in total.